The molecular weight excluding hydrogens is 188 g/mol. The highest BCUT2D eigenvalue weighted by molar-refractivity contribution is 5.20. The molecule has 80 valence electrons. The Balaban J connectivity index is 2.17. The van der Waals surface area contributed by atoms with E-state index in [0.717, 1.165) is 12.2 Å². The van der Waals surface area contributed by atoms with Gasteiger partial charge in [0.25, 0.3) is 0 Å². The number of terminal acetylenes is 1. The van der Waals surface area contributed by atoms with Crippen molar-refractivity contribution in [2.45, 2.75) is 25.4 Å². The van der Waals surface area contributed by atoms with E-state index in [1.165, 1.54) is 0 Å². The molecule has 2 nitrogen and oxygen atoms in total. The fourth-order valence-electron chi connectivity index (χ4n) is 1.23. The molecule has 1 aromatic rings. The van der Waals surface area contributed by atoms with E-state index in [-0.39, 0.29) is 0 Å². The van der Waals surface area contributed by atoms with Crippen molar-refractivity contribution < 1.29 is 9.84 Å². The molecule has 0 aliphatic heterocycles. The van der Waals surface area contributed by atoms with Crippen LogP contribution in [0.25, 0.3) is 0 Å². The molecule has 0 radical (unpaired) electrons. The van der Waals surface area contributed by atoms with Crippen molar-refractivity contribution in [3.8, 4) is 18.1 Å². The summed E-state index contributed by atoms with van der Waals surface area (Å²) >= 11 is 0. The van der Waals surface area contributed by atoms with Crippen molar-refractivity contribution in [1.82, 2.24) is 0 Å². The third-order valence-corrected chi connectivity index (χ3v) is 2.04. The van der Waals surface area contributed by atoms with Crippen LogP contribution in [0, 0.1) is 12.3 Å². The van der Waals surface area contributed by atoms with Gasteiger partial charge in [0.1, 0.15) is 12.4 Å². The van der Waals surface area contributed by atoms with Crippen LogP contribution in [-0.4, -0.2) is 17.8 Å². The monoisotopic (exact) mass is 204 g/mol. The summed E-state index contributed by atoms with van der Waals surface area (Å²) in [6, 6.07) is 9.47. The first-order valence-electron chi connectivity index (χ1n) is 5.12. The van der Waals surface area contributed by atoms with Gasteiger partial charge in [-0.1, -0.05) is 18.2 Å². The molecule has 1 aromatic carbocycles. The Bertz CT molecular complexity index is 300. The predicted molar refractivity (Wildman–Crippen MR) is 60.6 cm³/mol. The average molecular weight is 204 g/mol. The van der Waals surface area contributed by atoms with Crippen LogP contribution in [0.1, 0.15) is 19.3 Å². The first-order valence-corrected chi connectivity index (χ1v) is 5.12. The van der Waals surface area contributed by atoms with Gasteiger partial charge in [-0.05, 0) is 25.0 Å². The summed E-state index contributed by atoms with van der Waals surface area (Å²) in [6.07, 6.45) is 6.93. The number of aliphatic hydroxyl groups excluding tert-OH is 1. The Labute approximate surface area is 90.9 Å². The molecule has 0 saturated carbocycles. The molecule has 0 bridgehead atoms. The van der Waals surface area contributed by atoms with Crippen molar-refractivity contribution in [1.29, 1.82) is 0 Å². The molecule has 1 rings (SSSR count). The standard InChI is InChI=1S/C13H16O2/c1-2-3-5-8-12(14)11-15-13-9-6-4-7-10-13/h1,4,6-7,9-10,12,14H,3,5,8,11H2. The molecule has 15 heavy (non-hydrogen) atoms. The lowest BCUT2D eigenvalue weighted by Gasteiger charge is -2.11. The lowest BCUT2D eigenvalue weighted by Crippen LogP contribution is -2.17. The molecule has 0 aliphatic carbocycles. The zero-order valence-electron chi connectivity index (χ0n) is 8.73. The number of hydrogen-bond acceptors (Lipinski definition) is 2. The normalized spacial score (nSPS) is 11.7. The molecule has 1 N–H and O–H groups in total. The van der Waals surface area contributed by atoms with E-state index in [2.05, 4.69) is 5.92 Å². The van der Waals surface area contributed by atoms with Crippen molar-refractivity contribution in [2.75, 3.05) is 6.61 Å². The van der Waals surface area contributed by atoms with Crippen LogP contribution >= 0.6 is 0 Å². The average Bonchev–Trinajstić information content (AvgIpc) is 2.28. The molecule has 0 spiro atoms. The molecule has 0 heterocycles. The Kier molecular flexibility index (Phi) is 5.35. The quantitative estimate of drug-likeness (QED) is 0.568. The van der Waals surface area contributed by atoms with E-state index in [9.17, 15) is 5.11 Å². The maximum absolute atomic E-state index is 9.54. The van der Waals surface area contributed by atoms with E-state index in [4.69, 9.17) is 11.2 Å². The second kappa shape index (κ2) is 6.92. The minimum atomic E-state index is -0.432. The van der Waals surface area contributed by atoms with Crippen LogP contribution in [0.15, 0.2) is 30.3 Å². The van der Waals surface area contributed by atoms with Gasteiger partial charge in [0.15, 0.2) is 0 Å². The number of aliphatic hydroxyl groups is 1. The highest BCUT2D eigenvalue weighted by atomic mass is 16.5. The predicted octanol–water partition coefficient (Wildman–Crippen LogP) is 2.23. The maximum atomic E-state index is 9.54. The van der Waals surface area contributed by atoms with Gasteiger partial charge in [0.05, 0.1) is 6.10 Å². The van der Waals surface area contributed by atoms with Crippen LogP contribution in [0.4, 0.5) is 0 Å². The van der Waals surface area contributed by atoms with Crippen LogP contribution in [0.5, 0.6) is 5.75 Å². The van der Waals surface area contributed by atoms with E-state index >= 15 is 0 Å². The first-order chi connectivity index (χ1) is 7.33. The van der Waals surface area contributed by atoms with Crippen molar-refractivity contribution in [2.24, 2.45) is 0 Å². The van der Waals surface area contributed by atoms with Gasteiger partial charge in [-0.15, -0.1) is 12.3 Å². The SMILES string of the molecule is C#CCCCC(O)COc1ccccc1. The van der Waals surface area contributed by atoms with Crippen LogP contribution in [0.3, 0.4) is 0 Å². The Morgan fingerprint density at radius 1 is 1.33 bits per heavy atom. The molecule has 1 atom stereocenters. The topological polar surface area (TPSA) is 29.5 Å². The van der Waals surface area contributed by atoms with Gasteiger partial charge in [0.2, 0.25) is 0 Å². The summed E-state index contributed by atoms with van der Waals surface area (Å²) < 4.78 is 5.40. The molecule has 0 saturated heterocycles. The second-order valence-corrected chi connectivity index (χ2v) is 3.37. The summed E-state index contributed by atoms with van der Waals surface area (Å²) in [5.74, 6) is 3.33. The van der Waals surface area contributed by atoms with Crippen LogP contribution in [0.2, 0.25) is 0 Å². The summed E-state index contributed by atoms with van der Waals surface area (Å²) in [7, 11) is 0. The molecule has 0 aliphatic rings. The summed E-state index contributed by atoms with van der Waals surface area (Å²) in [4.78, 5) is 0. The third kappa shape index (κ3) is 5.09. The summed E-state index contributed by atoms with van der Waals surface area (Å²) in [6.45, 7) is 0.328. The van der Waals surface area contributed by atoms with Gasteiger partial charge in [-0.2, -0.15) is 0 Å². The van der Waals surface area contributed by atoms with Crippen molar-refractivity contribution >= 4 is 0 Å². The van der Waals surface area contributed by atoms with Crippen LogP contribution in [-0.2, 0) is 0 Å². The number of benzene rings is 1. The smallest absolute Gasteiger partial charge is 0.119 e. The highest BCUT2D eigenvalue weighted by Gasteiger charge is 2.03. The molecule has 0 amide bonds. The number of para-hydroxylation sites is 1. The Hall–Kier alpha value is -1.46. The van der Waals surface area contributed by atoms with E-state index in [1.807, 2.05) is 30.3 Å². The maximum Gasteiger partial charge on any atom is 0.119 e. The first kappa shape index (κ1) is 11.6. The van der Waals surface area contributed by atoms with Gasteiger partial charge in [-0.3, -0.25) is 0 Å². The van der Waals surface area contributed by atoms with Gasteiger partial charge < -0.3 is 9.84 Å². The lowest BCUT2D eigenvalue weighted by molar-refractivity contribution is 0.0985. The molecule has 1 unspecified atom stereocenters. The fourth-order valence-corrected chi connectivity index (χ4v) is 1.23. The van der Waals surface area contributed by atoms with Crippen LogP contribution < -0.4 is 4.74 Å². The Morgan fingerprint density at radius 2 is 2.07 bits per heavy atom. The minimum absolute atomic E-state index is 0.328. The number of hydrogen-bond donors (Lipinski definition) is 1. The second-order valence-electron chi connectivity index (χ2n) is 3.37. The zero-order chi connectivity index (χ0) is 10.9. The number of unbranched alkanes of at least 4 members (excludes halogenated alkanes) is 1. The van der Waals surface area contributed by atoms with Gasteiger partial charge >= 0.3 is 0 Å². The molecular formula is C13H16O2. The van der Waals surface area contributed by atoms with E-state index in [1.54, 1.807) is 0 Å². The zero-order valence-corrected chi connectivity index (χ0v) is 8.73. The third-order valence-electron chi connectivity index (χ3n) is 2.04. The van der Waals surface area contributed by atoms with Gasteiger partial charge in [0, 0.05) is 6.42 Å². The highest BCUT2D eigenvalue weighted by Crippen LogP contribution is 2.09. The Morgan fingerprint density at radius 3 is 2.73 bits per heavy atom. The lowest BCUT2D eigenvalue weighted by atomic mass is 10.2. The molecule has 0 fully saturated rings. The molecule has 0 aromatic heterocycles. The van der Waals surface area contributed by atoms with E-state index in [0.29, 0.717) is 19.4 Å². The minimum Gasteiger partial charge on any atom is -0.491 e. The van der Waals surface area contributed by atoms with Gasteiger partial charge in [-0.25, -0.2) is 0 Å². The number of rotatable bonds is 6. The number of ether oxygens (including phenoxy) is 1. The summed E-state index contributed by atoms with van der Waals surface area (Å²) in [5.41, 5.74) is 0. The van der Waals surface area contributed by atoms with Crippen molar-refractivity contribution in [3.63, 3.8) is 0 Å². The molecule has 2 heteroatoms. The fraction of sp³-hybridized carbons (Fsp3) is 0.385. The largest absolute Gasteiger partial charge is 0.491 e. The van der Waals surface area contributed by atoms with Crippen molar-refractivity contribution in [3.05, 3.63) is 30.3 Å². The summed E-state index contributed by atoms with van der Waals surface area (Å²) in [5, 5.41) is 9.54. The van der Waals surface area contributed by atoms with E-state index < -0.39 is 6.10 Å².